The van der Waals surface area contributed by atoms with Gasteiger partial charge < -0.3 is 9.32 Å². The molecule has 8 nitrogen and oxygen atoms in total. The number of imide groups is 1. The van der Waals surface area contributed by atoms with Crippen LogP contribution in [0.3, 0.4) is 0 Å². The molecule has 4 rings (SSSR count). The first-order valence-electron chi connectivity index (χ1n) is 10.0. The minimum atomic E-state index is -0.309. The molecule has 8 heteroatoms. The van der Waals surface area contributed by atoms with Crippen LogP contribution in [0.1, 0.15) is 45.0 Å². The number of amides is 3. The van der Waals surface area contributed by atoms with Crippen LogP contribution in [0.4, 0.5) is 0 Å². The summed E-state index contributed by atoms with van der Waals surface area (Å²) in [6.45, 7) is 2.38. The maximum atomic E-state index is 12.5. The topological polar surface area (TPSA) is 96.6 Å². The number of rotatable bonds is 7. The van der Waals surface area contributed by atoms with Crippen LogP contribution in [0.2, 0.25) is 0 Å². The van der Waals surface area contributed by atoms with Gasteiger partial charge in [-0.05, 0) is 37.6 Å². The smallest absolute Gasteiger partial charge is 0.261 e. The molecule has 158 valence electrons. The maximum absolute atomic E-state index is 12.5. The standard InChI is InChI=1S/C23H22N4O4/c1-15-9-11-16(12-10-15)21-25-24-19(31-21)14-26(2)20(28)8-5-13-27-22(29)17-6-3-4-7-18(17)23(27)30/h3-4,6-7,9-12H,5,8,13-14H2,1-2H3. The molecule has 2 aromatic carbocycles. The highest BCUT2D eigenvalue weighted by atomic mass is 16.4. The Bertz CT molecular complexity index is 1100. The molecule has 2 heterocycles. The Morgan fingerprint density at radius 3 is 2.29 bits per heavy atom. The molecular formula is C23H22N4O4. The van der Waals surface area contributed by atoms with Crippen LogP contribution in [-0.4, -0.2) is 51.3 Å². The molecule has 3 aromatic rings. The molecule has 0 saturated carbocycles. The largest absolute Gasteiger partial charge is 0.419 e. The van der Waals surface area contributed by atoms with E-state index >= 15 is 0 Å². The summed E-state index contributed by atoms with van der Waals surface area (Å²) < 4.78 is 5.67. The average molecular weight is 418 g/mol. The Kier molecular flexibility index (Phi) is 5.62. The van der Waals surface area contributed by atoms with E-state index < -0.39 is 0 Å². The van der Waals surface area contributed by atoms with E-state index in [0.717, 1.165) is 11.1 Å². The van der Waals surface area contributed by atoms with Crippen LogP contribution in [0, 0.1) is 6.92 Å². The van der Waals surface area contributed by atoms with Gasteiger partial charge in [-0.25, -0.2) is 0 Å². The number of hydrogen-bond donors (Lipinski definition) is 0. The molecule has 0 bridgehead atoms. The molecule has 1 aliphatic rings. The fourth-order valence-electron chi connectivity index (χ4n) is 3.44. The van der Waals surface area contributed by atoms with Crippen LogP contribution in [0.25, 0.3) is 11.5 Å². The van der Waals surface area contributed by atoms with Crippen molar-refractivity contribution in [3.63, 3.8) is 0 Å². The van der Waals surface area contributed by atoms with Gasteiger partial charge in [0.25, 0.3) is 11.8 Å². The lowest BCUT2D eigenvalue weighted by Crippen LogP contribution is -2.32. The zero-order valence-corrected chi connectivity index (χ0v) is 17.4. The van der Waals surface area contributed by atoms with Gasteiger partial charge in [-0.3, -0.25) is 19.3 Å². The highest BCUT2D eigenvalue weighted by Crippen LogP contribution is 2.23. The van der Waals surface area contributed by atoms with Gasteiger partial charge in [-0.2, -0.15) is 0 Å². The molecule has 0 spiro atoms. The summed E-state index contributed by atoms with van der Waals surface area (Å²) in [7, 11) is 1.65. The van der Waals surface area contributed by atoms with Crippen LogP contribution in [-0.2, 0) is 11.3 Å². The van der Waals surface area contributed by atoms with E-state index in [2.05, 4.69) is 10.2 Å². The maximum Gasteiger partial charge on any atom is 0.261 e. The predicted molar refractivity (Wildman–Crippen MR) is 112 cm³/mol. The van der Waals surface area contributed by atoms with Gasteiger partial charge in [-0.1, -0.05) is 29.8 Å². The molecule has 1 aromatic heterocycles. The summed E-state index contributed by atoms with van der Waals surface area (Å²) in [5, 5.41) is 8.06. The summed E-state index contributed by atoms with van der Waals surface area (Å²) in [5.74, 6) is -0.00765. The zero-order valence-electron chi connectivity index (χ0n) is 17.4. The monoisotopic (exact) mass is 418 g/mol. The van der Waals surface area contributed by atoms with Crippen molar-refractivity contribution >= 4 is 17.7 Å². The van der Waals surface area contributed by atoms with Gasteiger partial charge in [-0.15, -0.1) is 10.2 Å². The lowest BCUT2D eigenvalue weighted by Gasteiger charge is -2.17. The van der Waals surface area contributed by atoms with E-state index in [4.69, 9.17) is 4.42 Å². The second-order valence-electron chi connectivity index (χ2n) is 7.53. The Morgan fingerprint density at radius 2 is 1.65 bits per heavy atom. The quantitative estimate of drug-likeness (QED) is 0.547. The van der Waals surface area contributed by atoms with Gasteiger partial charge in [0.2, 0.25) is 17.7 Å². The fraction of sp³-hybridized carbons (Fsp3) is 0.261. The Hall–Kier alpha value is -3.81. The molecule has 0 fully saturated rings. The van der Waals surface area contributed by atoms with Crippen molar-refractivity contribution in [1.82, 2.24) is 20.0 Å². The summed E-state index contributed by atoms with van der Waals surface area (Å²) >= 11 is 0. The van der Waals surface area contributed by atoms with Crippen LogP contribution in [0.15, 0.2) is 52.9 Å². The van der Waals surface area contributed by atoms with E-state index in [9.17, 15) is 14.4 Å². The Morgan fingerprint density at radius 1 is 1.00 bits per heavy atom. The van der Waals surface area contributed by atoms with Crippen molar-refractivity contribution in [3.8, 4) is 11.5 Å². The number of benzene rings is 2. The van der Waals surface area contributed by atoms with Gasteiger partial charge in [0.1, 0.15) is 0 Å². The third kappa shape index (κ3) is 4.23. The van der Waals surface area contributed by atoms with Crippen molar-refractivity contribution in [2.24, 2.45) is 0 Å². The number of carbonyl (C=O) groups is 3. The molecular weight excluding hydrogens is 396 g/mol. The molecule has 3 amide bonds. The minimum Gasteiger partial charge on any atom is -0.419 e. The first-order chi connectivity index (χ1) is 14.9. The van der Waals surface area contributed by atoms with Gasteiger partial charge in [0, 0.05) is 25.6 Å². The van der Waals surface area contributed by atoms with E-state index in [1.807, 2.05) is 31.2 Å². The van der Waals surface area contributed by atoms with Crippen molar-refractivity contribution < 1.29 is 18.8 Å². The van der Waals surface area contributed by atoms with Crippen molar-refractivity contribution in [2.75, 3.05) is 13.6 Å². The number of nitrogens with zero attached hydrogens (tertiary/aromatic N) is 4. The van der Waals surface area contributed by atoms with Crippen molar-refractivity contribution in [2.45, 2.75) is 26.3 Å². The number of fused-ring (bicyclic) bond motifs is 1. The molecule has 31 heavy (non-hydrogen) atoms. The summed E-state index contributed by atoms with van der Waals surface area (Å²) in [4.78, 5) is 39.9. The molecule has 0 saturated heterocycles. The number of hydrogen-bond acceptors (Lipinski definition) is 6. The second-order valence-corrected chi connectivity index (χ2v) is 7.53. The van der Waals surface area contributed by atoms with Crippen molar-refractivity contribution in [1.29, 1.82) is 0 Å². The van der Waals surface area contributed by atoms with Crippen LogP contribution >= 0.6 is 0 Å². The fourth-order valence-corrected chi connectivity index (χ4v) is 3.44. The molecule has 0 unspecified atom stereocenters. The van der Waals surface area contributed by atoms with E-state index in [-0.39, 0.29) is 37.2 Å². The average Bonchev–Trinajstić information content (AvgIpc) is 3.33. The first-order valence-corrected chi connectivity index (χ1v) is 10.0. The van der Waals surface area contributed by atoms with E-state index in [1.165, 1.54) is 9.80 Å². The lowest BCUT2D eigenvalue weighted by atomic mass is 10.1. The number of aryl methyl sites for hydroxylation is 1. The van der Waals surface area contributed by atoms with Crippen molar-refractivity contribution in [3.05, 3.63) is 71.1 Å². The third-order valence-corrected chi connectivity index (χ3v) is 5.21. The predicted octanol–water partition coefficient (Wildman–Crippen LogP) is 3.08. The molecule has 0 radical (unpaired) electrons. The minimum absolute atomic E-state index is 0.133. The second kappa shape index (κ2) is 8.51. The number of aromatic nitrogens is 2. The molecule has 0 aliphatic carbocycles. The highest BCUT2D eigenvalue weighted by molar-refractivity contribution is 6.21. The SMILES string of the molecule is Cc1ccc(-c2nnc(CN(C)C(=O)CCCN3C(=O)c4ccccc4C3=O)o2)cc1. The lowest BCUT2D eigenvalue weighted by molar-refractivity contribution is -0.130. The van der Waals surface area contributed by atoms with Gasteiger partial charge >= 0.3 is 0 Å². The van der Waals surface area contributed by atoms with Gasteiger partial charge in [0.05, 0.1) is 17.7 Å². The molecule has 0 atom stereocenters. The third-order valence-electron chi connectivity index (χ3n) is 5.21. The van der Waals surface area contributed by atoms with E-state index in [0.29, 0.717) is 29.3 Å². The Labute approximate surface area is 179 Å². The number of carbonyl (C=O) groups excluding carboxylic acids is 3. The van der Waals surface area contributed by atoms with Crippen LogP contribution < -0.4 is 0 Å². The highest BCUT2D eigenvalue weighted by Gasteiger charge is 2.34. The van der Waals surface area contributed by atoms with Gasteiger partial charge in [0.15, 0.2) is 0 Å². The summed E-state index contributed by atoms with van der Waals surface area (Å²) in [6, 6.07) is 14.5. The zero-order chi connectivity index (χ0) is 22.0. The summed E-state index contributed by atoms with van der Waals surface area (Å²) in [6.07, 6.45) is 0.579. The normalized spacial score (nSPS) is 12.9. The van der Waals surface area contributed by atoms with Crippen LogP contribution in [0.5, 0.6) is 0 Å². The van der Waals surface area contributed by atoms with E-state index in [1.54, 1.807) is 31.3 Å². The molecule has 1 aliphatic heterocycles. The summed E-state index contributed by atoms with van der Waals surface area (Å²) in [5.41, 5.74) is 2.78. The Balaban J connectivity index is 1.28. The molecule has 0 N–H and O–H groups in total. The first kappa shape index (κ1) is 20.5.